The molecule has 3 heterocycles. The largest absolute Gasteiger partial charge is 0.492 e. The molecule has 0 saturated heterocycles. The van der Waals surface area contributed by atoms with Crippen LogP contribution in [-0.4, -0.2) is 41.4 Å². The van der Waals surface area contributed by atoms with Crippen LogP contribution in [0, 0.1) is 6.92 Å². The summed E-state index contributed by atoms with van der Waals surface area (Å²) in [7, 11) is 0. The Hall–Kier alpha value is -2.79. The van der Waals surface area contributed by atoms with Crippen LogP contribution in [-0.2, 0) is 5.75 Å². The van der Waals surface area contributed by atoms with Gasteiger partial charge in [-0.1, -0.05) is 35.2 Å². The van der Waals surface area contributed by atoms with Crippen molar-refractivity contribution in [1.82, 2.24) is 34.8 Å². The number of fused-ring (bicyclic) bond motifs is 1. The van der Waals surface area contributed by atoms with E-state index in [4.69, 9.17) is 4.74 Å². The van der Waals surface area contributed by atoms with Gasteiger partial charge in [-0.2, -0.15) is 14.3 Å². The van der Waals surface area contributed by atoms with Gasteiger partial charge in [-0.3, -0.25) is 4.79 Å². The van der Waals surface area contributed by atoms with Crippen molar-refractivity contribution in [2.24, 2.45) is 0 Å². The summed E-state index contributed by atoms with van der Waals surface area (Å²) in [4.78, 5) is 17.3. The lowest BCUT2D eigenvalue weighted by molar-refractivity contribution is 0.337. The Morgan fingerprint density at radius 1 is 1.30 bits per heavy atom. The molecule has 0 aliphatic rings. The predicted octanol–water partition coefficient (Wildman–Crippen LogP) is 2.13. The zero-order chi connectivity index (χ0) is 18.8. The third-order valence-corrected chi connectivity index (χ3v) is 5.36. The lowest BCUT2D eigenvalue weighted by Gasteiger charge is -2.10. The van der Waals surface area contributed by atoms with Gasteiger partial charge >= 0.3 is 0 Å². The second kappa shape index (κ2) is 7.45. The first-order valence-electron chi connectivity index (χ1n) is 8.15. The summed E-state index contributed by atoms with van der Waals surface area (Å²) in [5.41, 5.74) is 1.22. The van der Waals surface area contributed by atoms with Gasteiger partial charge in [0.25, 0.3) is 5.56 Å². The van der Waals surface area contributed by atoms with Crippen molar-refractivity contribution in [3.8, 4) is 11.4 Å². The van der Waals surface area contributed by atoms with Crippen LogP contribution >= 0.6 is 23.1 Å². The second-order valence-electron chi connectivity index (χ2n) is 5.46. The van der Waals surface area contributed by atoms with Crippen molar-refractivity contribution in [2.45, 2.75) is 24.8 Å². The third-order valence-electron chi connectivity index (χ3n) is 3.58. The highest BCUT2D eigenvalue weighted by Gasteiger charge is 2.14. The number of thioether (sulfide) groups is 1. The number of para-hydroxylation sites is 2. The van der Waals surface area contributed by atoms with E-state index in [1.807, 2.05) is 38.1 Å². The lowest BCUT2D eigenvalue weighted by Crippen LogP contribution is -2.15. The summed E-state index contributed by atoms with van der Waals surface area (Å²) in [6, 6.07) is 9.05. The summed E-state index contributed by atoms with van der Waals surface area (Å²) in [6.07, 6.45) is 0. The monoisotopic (exact) mass is 401 g/mol. The van der Waals surface area contributed by atoms with Gasteiger partial charge in [-0.05, 0) is 36.4 Å². The Morgan fingerprint density at radius 2 is 2.15 bits per heavy atom. The average molecular weight is 401 g/mol. The molecule has 27 heavy (non-hydrogen) atoms. The molecule has 0 saturated carbocycles. The quantitative estimate of drug-likeness (QED) is 0.453. The van der Waals surface area contributed by atoms with Gasteiger partial charge in [-0.15, -0.1) is 5.10 Å². The molecule has 0 unspecified atom stereocenters. The summed E-state index contributed by atoms with van der Waals surface area (Å²) in [5, 5.41) is 17.5. The van der Waals surface area contributed by atoms with Gasteiger partial charge in [0, 0.05) is 11.8 Å². The molecule has 0 N–H and O–H groups in total. The highest BCUT2D eigenvalue weighted by Crippen LogP contribution is 2.27. The van der Waals surface area contributed by atoms with Crippen molar-refractivity contribution < 1.29 is 4.74 Å². The molecule has 138 valence electrons. The molecule has 4 aromatic rings. The summed E-state index contributed by atoms with van der Waals surface area (Å²) in [5.74, 6) is 1.16. The van der Waals surface area contributed by atoms with Gasteiger partial charge < -0.3 is 4.74 Å². The molecule has 0 radical (unpaired) electrons. The number of aromatic nitrogens is 7. The Labute approximate surface area is 162 Å². The zero-order valence-corrected chi connectivity index (χ0v) is 16.2. The van der Waals surface area contributed by atoms with Crippen LogP contribution in [0.15, 0.2) is 40.3 Å². The summed E-state index contributed by atoms with van der Waals surface area (Å²) < 4.78 is 8.60. The molecule has 9 nitrogen and oxygen atoms in total. The average Bonchev–Trinajstić information content (AvgIpc) is 3.27. The molecule has 4 rings (SSSR count). The summed E-state index contributed by atoms with van der Waals surface area (Å²) in [6.45, 7) is 4.31. The first-order valence-corrected chi connectivity index (χ1v) is 9.95. The number of aryl methyl sites for hydroxylation is 1. The van der Waals surface area contributed by atoms with E-state index >= 15 is 0 Å². The van der Waals surface area contributed by atoms with Gasteiger partial charge in [0.1, 0.15) is 16.4 Å². The van der Waals surface area contributed by atoms with Crippen LogP contribution in [0.4, 0.5) is 0 Å². The maximum atomic E-state index is 12.2. The number of nitrogens with zero attached hydrogens (tertiary/aromatic N) is 7. The molecular formula is C16H15N7O2S2. The van der Waals surface area contributed by atoms with Gasteiger partial charge in [0.2, 0.25) is 10.1 Å². The smallest absolute Gasteiger partial charge is 0.275 e. The molecule has 0 spiro atoms. The van der Waals surface area contributed by atoms with Crippen LogP contribution in [0.25, 0.3) is 10.6 Å². The molecule has 0 atom stereocenters. The Balaban J connectivity index is 1.61. The highest BCUT2D eigenvalue weighted by molar-refractivity contribution is 7.98. The highest BCUT2D eigenvalue weighted by atomic mass is 32.2. The van der Waals surface area contributed by atoms with Crippen molar-refractivity contribution in [3.05, 3.63) is 51.4 Å². The Morgan fingerprint density at radius 3 is 3.00 bits per heavy atom. The Kier molecular flexibility index (Phi) is 4.86. The van der Waals surface area contributed by atoms with Gasteiger partial charge in [0.15, 0.2) is 0 Å². The van der Waals surface area contributed by atoms with E-state index in [0.717, 1.165) is 10.7 Å². The van der Waals surface area contributed by atoms with Crippen LogP contribution in [0.2, 0.25) is 0 Å². The fourth-order valence-corrected chi connectivity index (χ4v) is 4.04. The maximum Gasteiger partial charge on any atom is 0.275 e. The minimum atomic E-state index is -0.193. The van der Waals surface area contributed by atoms with E-state index in [1.54, 1.807) is 4.68 Å². The molecule has 0 fully saturated rings. The molecular weight excluding hydrogens is 386 g/mol. The third kappa shape index (κ3) is 3.55. The minimum Gasteiger partial charge on any atom is -0.492 e. The summed E-state index contributed by atoms with van der Waals surface area (Å²) >= 11 is 2.78. The molecule has 0 bridgehead atoms. The molecule has 0 aliphatic carbocycles. The lowest BCUT2D eigenvalue weighted by atomic mass is 10.3. The van der Waals surface area contributed by atoms with E-state index in [9.17, 15) is 4.79 Å². The SMILES string of the molecule is CCOc1ccccc1-n1nnnc1SCc1cc(=O)n2nc(C)sc2n1. The van der Waals surface area contributed by atoms with E-state index < -0.39 is 0 Å². The van der Waals surface area contributed by atoms with E-state index in [0.29, 0.717) is 33.9 Å². The van der Waals surface area contributed by atoms with E-state index in [-0.39, 0.29) is 5.56 Å². The maximum absolute atomic E-state index is 12.2. The van der Waals surface area contributed by atoms with Crippen molar-refractivity contribution in [1.29, 1.82) is 0 Å². The number of benzene rings is 1. The standard InChI is InChI=1S/C16H15N7O2S2/c1-3-25-13-7-5-4-6-12(13)22-16(18-20-21-22)26-9-11-8-14(24)23-15(17-11)27-10(2)19-23/h4-8H,3,9H2,1-2H3. The minimum absolute atomic E-state index is 0.193. The van der Waals surface area contributed by atoms with E-state index in [1.165, 1.54) is 33.7 Å². The first-order chi connectivity index (χ1) is 13.2. The number of ether oxygens (including phenoxy) is 1. The van der Waals surface area contributed by atoms with Gasteiger partial charge in [-0.25, -0.2) is 4.98 Å². The second-order valence-corrected chi connectivity index (χ2v) is 7.57. The zero-order valence-electron chi connectivity index (χ0n) is 14.6. The van der Waals surface area contributed by atoms with Gasteiger partial charge in [0.05, 0.1) is 12.3 Å². The van der Waals surface area contributed by atoms with Crippen LogP contribution in [0.5, 0.6) is 5.75 Å². The van der Waals surface area contributed by atoms with Crippen LogP contribution in [0.1, 0.15) is 17.6 Å². The fourth-order valence-electron chi connectivity index (χ4n) is 2.49. The molecule has 1 aromatic carbocycles. The van der Waals surface area contributed by atoms with E-state index in [2.05, 4.69) is 25.6 Å². The number of hydrogen-bond donors (Lipinski definition) is 0. The number of rotatable bonds is 6. The Bertz CT molecular complexity index is 1150. The molecule has 0 amide bonds. The van der Waals surface area contributed by atoms with Crippen molar-refractivity contribution in [3.63, 3.8) is 0 Å². The normalized spacial score (nSPS) is 11.2. The molecule has 11 heteroatoms. The predicted molar refractivity (Wildman–Crippen MR) is 102 cm³/mol. The van der Waals surface area contributed by atoms with Crippen molar-refractivity contribution in [2.75, 3.05) is 6.61 Å². The molecule has 0 aliphatic heterocycles. The van der Waals surface area contributed by atoms with Crippen LogP contribution < -0.4 is 10.3 Å². The number of hydrogen-bond acceptors (Lipinski definition) is 9. The van der Waals surface area contributed by atoms with Crippen LogP contribution in [0.3, 0.4) is 0 Å². The fraction of sp³-hybridized carbons (Fsp3) is 0.250. The van der Waals surface area contributed by atoms with Crippen molar-refractivity contribution >= 4 is 28.1 Å². The topological polar surface area (TPSA) is 100 Å². The molecule has 3 aromatic heterocycles. The first kappa shape index (κ1) is 17.6. The number of tetrazole rings is 1.